The second-order valence-electron chi connectivity index (χ2n) is 9.40. The Kier molecular flexibility index (Phi) is 7.38. The molecule has 0 saturated carbocycles. The smallest absolute Gasteiger partial charge is 0.410 e. The van der Waals surface area contributed by atoms with Crippen LogP contribution in [0.4, 0.5) is 9.59 Å². The maximum Gasteiger partial charge on any atom is 0.410 e. The quantitative estimate of drug-likeness (QED) is 0.741. The minimum Gasteiger partial charge on any atom is -0.445 e. The van der Waals surface area contributed by atoms with E-state index in [1.54, 1.807) is 11.1 Å². The fourth-order valence-corrected chi connectivity index (χ4v) is 4.05. The van der Waals surface area contributed by atoms with Gasteiger partial charge in [0, 0.05) is 37.4 Å². The number of hydrogen-bond acceptors (Lipinski definition) is 5. The summed E-state index contributed by atoms with van der Waals surface area (Å²) in [5.74, 6) is 0.208. The van der Waals surface area contributed by atoms with Gasteiger partial charge in [0.15, 0.2) is 0 Å². The number of rotatable bonds is 5. The molecule has 1 aromatic heterocycles. The molecule has 2 atom stereocenters. The van der Waals surface area contributed by atoms with E-state index >= 15 is 0 Å². The van der Waals surface area contributed by atoms with E-state index in [4.69, 9.17) is 9.47 Å². The summed E-state index contributed by atoms with van der Waals surface area (Å²) in [6, 6.07) is 13.4. The van der Waals surface area contributed by atoms with E-state index in [1.807, 2.05) is 69.4 Å². The molecule has 1 aromatic carbocycles. The Labute approximate surface area is 190 Å². The van der Waals surface area contributed by atoms with E-state index < -0.39 is 17.1 Å². The van der Waals surface area contributed by atoms with Crippen LogP contribution in [0.5, 0.6) is 0 Å². The lowest BCUT2D eigenvalue weighted by Gasteiger charge is -2.47. The average molecular weight is 440 g/mol. The van der Waals surface area contributed by atoms with Crippen molar-refractivity contribution in [1.29, 1.82) is 0 Å². The summed E-state index contributed by atoms with van der Waals surface area (Å²) in [6.07, 6.45) is 3.49. The van der Waals surface area contributed by atoms with E-state index in [2.05, 4.69) is 17.2 Å². The minimum absolute atomic E-state index is 0.201. The summed E-state index contributed by atoms with van der Waals surface area (Å²) in [7, 11) is 0. The summed E-state index contributed by atoms with van der Waals surface area (Å²) >= 11 is 0. The molecule has 0 bridgehead atoms. The molecule has 2 amide bonds. The molecule has 2 aromatic rings. The van der Waals surface area contributed by atoms with Gasteiger partial charge in [-0.05, 0) is 50.3 Å². The lowest BCUT2D eigenvalue weighted by atomic mass is 9.67. The normalized spacial score (nSPS) is 21.0. The third-order valence-electron chi connectivity index (χ3n) is 5.90. The van der Waals surface area contributed by atoms with Gasteiger partial charge >= 0.3 is 12.2 Å². The highest BCUT2D eigenvalue weighted by atomic mass is 16.6. The maximum atomic E-state index is 12.8. The summed E-state index contributed by atoms with van der Waals surface area (Å²) in [4.78, 5) is 31.3. The first-order valence-electron chi connectivity index (χ1n) is 11.0. The monoisotopic (exact) mass is 439 g/mol. The van der Waals surface area contributed by atoms with Gasteiger partial charge in [0.1, 0.15) is 12.2 Å². The van der Waals surface area contributed by atoms with Gasteiger partial charge in [-0.25, -0.2) is 9.59 Å². The summed E-state index contributed by atoms with van der Waals surface area (Å²) < 4.78 is 11.0. The van der Waals surface area contributed by atoms with Gasteiger partial charge in [-0.1, -0.05) is 43.3 Å². The number of pyridine rings is 1. The highest BCUT2D eigenvalue weighted by Crippen LogP contribution is 2.38. The standard InChI is InChI=1S/C25H33N3O4/c1-19-12-14-28(23(30)32-24(2,3)4)18-25(19,21-11-8-13-26-15-21)17-27-22(29)31-16-20-9-6-5-7-10-20/h5-11,13,15,19H,12,14,16-18H2,1-4H3,(H,27,29). The number of ether oxygens (including phenoxy) is 2. The molecular formula is C25H33N3O4. The number of carbonyl (C=O) groups excluding carboxylic acids is 2. The van der Waals surface area contributed by atoms with Crippen LogP contribution in [0, 0.1) is 5.92 Å². The van der Waals surface area contributed by atoms with Crippen molar-refractivity contribution in [2.24, 2.45) is 5.92 Å². The summed E-state index contributed by atoms with van der Waals surface area (Å²) in [5, 5.41) is 2.93. The molecule has 172 valence electrons. The molecule has 7 heteroatoms. The molecule has 1 aliphatic heterocycles. The summed E-state index contributed by atoms with van der Waals surface area (Å²) in [5.41, 5.74) is 0.821. The van der Waals surface area contributed by atoms with Crippen LogP contribution in [0.15, 0.2) is 54.9 Å². The molecule has 1 saturated heterocycles. The maximum absolute atomic E-state index is 12.8. The molecular weight excluding hydrogens is 406 g/mol. The average Bonchev–Trinajstić information content (AvgIpc) is 2.77. The number of nitrogens with zero attached hydrogens (tertiary/aromatic N) is 2. The lowest BCUT2D eigenvalue weighted by Crippen LogP contribution is -2.58. The molecule has 1 fully saturated rings. The largest absolute Gasteiger partial charge is 0.445 e. The fraction of sp³-hybridized carbons (Fsp3) is 0.480. The van der Waals surface area contributed by atoms with Crippen LogP contribution in [0.1, 0.15) is 45.2 Å². The lowest BCUT2D eigenvalue weighted by molar-refractivity contribution is 0.00603. The van der Waals surface area contributed by atoms with Crippen LogP contribution < -0.4 is 5.32 Å². The number of hydrogen-bond donors (Lipinski definition) is 1. The van der Waals surface area contributed by atoms with Crippen LogP contribution >= 0.6 is 0 Å². The number of carbonyl (C=O) groups is 2. The van der Waals surface area contributed by atoms with Gasteiger partial charge in [-0.15, -0.1) is 0 Å². The molecule has 0 spiro atoms. The Hall–Kier alpha value is -3.09. The molecule has 32 heavy (non-hydrogen) atoms. The first-order valence-corrected chi connectivity index (χ1v) is 11.0. The zero-order valence-corrected chi connectivity index (χ0v) is 19.3. The van der Waals surface area contributed by atoms with Gasteiger partial charge in [0.05, 0.1) is 0 Å². The molecule has 1 N–H and O–H groups in total. The number of aromatic nitrogens is 1. The first kappa shape index (κ1) is 23.6. The molecule has 1 aliphatic rings. The van der Waals surface area contributed by atoms with Crippen LogP contribution in [0.25, 0.3) is 0 Å². The number of amides is 2. The predicted molar refractivity (Wildman–Crippen MR) is 122 cm³/mol. The predicted octanol–water partition coefficient (Wildman–Crippen LogP) is 4.52. The number of piperidine rings is 1. The number of likely N-dealkylation sites (tertiary alicyclic amines) is 1. The Morgan fingerprint density at radius 2 is 1.94 bits per heavy atom. The van der Waals surface area contributed by atoms with Crippen molar-refractivity contribution in [3.05, 3.63) is 66.0 Å². The van der Waals surface area contributed by atoms with Gasteiger partial charge in [-0.2, -0.15) is 0 Å². The Bertz CT molecular complexity index is 898. The first-order chi connectivity index (χ1) is 15.2. The van der Waals surface area contributed by atoms with Crippen LogP contribution in [0.2, 0.25) is 0 Å². The SMILES string of the molecule is CC1CCN(C(=O)OC(C)(C)C)CC1(CNC(=O)OCc1ccccc1)c1cccnc1. The van der Waals surface area contributed by atoms with Crippen LogP contribution in [-0.2, 0) is 21.5 Å². The highest BCUT2D eigenvalue weighted by molar-refractivity contribution is 5.69. The van der Waals surface area contributed by atoms with E-state index in [0.717, 1.165) is 17.5 Å². The van der Waals surface area contributed by atoms with Crippen molar-refractivity contribution in [2.45, 2.75) is 51.7 Å². The molecule has 3 rings (SSSR count). The molecule has 2 heterocycles. The topological polar surface area (TPSA) is 80.8 Å². The molecule has 2 unspecified atom stereocenters. The van der Waals surface area contributed by atoms with Gasteiger partial charge in [-0.3, -0.25) is 4.98 Å². The zero-order chi connectivity index (χ0) is 23.2. The van der Waals surface area contributed by atoms with Gasteiger partial charge in [0.25, 0.3) is 0 Å². The van der Waals surface area contributed by atoms with E-state index in [9.17, 15) is 9.59 Å². The Morgan fingerprint density at radius 1 is 1.19 bits per heavy atom. The second kappa shape index (κ2) is 10.0. The van der Waals surface area contributed by atoms with Crippen molar-refractivity contribution in [1.82, 2.24) is 15.2 Å². The fourth-order valence-electron chi connectivity index (χ4n) is 4.05. The van der Waals surface area contributed by atoms with E-state index in [1.165, 1.54) is 0 Å². The third-order valence-corrected chi connectivity index (χ3v) is 5.90. The molecule has 0 aliphatic carbocycles. The van der Waals surface area contributed by atoms with Crippen LogP contribution in [-0.4, -0.2) is 47.3 Å². The van der Waals surface area contributed by atoms with E-state index in [-0.39, 0.29) is 18.6 Å². The van der Waals surface area contributed by atoms with Crippen molar-refractivity contribution >= 4 is 12.2 Å². The number of alkyl carbamates (subject to hydrolysis) is 1. The van der Waals surface area contributed by atoms with Crippen LogP contribution in [0.3, 0.4) is 0 Å². The third kappa shape index (κ3) is 5.99. The second-order valence-corrected chi connectivity index (χ2v) is 9.40. The van der Waals surface area contributed by atoms with Crippen molar-refractivity contribution in [3.63, 3.8) is 0 Å². The summed E-state index contributed by atoms with van der Waals surface area (Å²) in [6.45, 7) is 9.28. The van der Waals surface area contributed by atoms with Crippen molar-refractivity contribution in [3.8, 4) is 0 Å². The minimum atomic E-state index is -0.573. The highest BCUT2D eigenvalue weighted by Gasteiger charge is 2.45. The Morgan fingerprint density at radius 3 is 2.59 bits per heavy atom. The number of nitrogens with one attached hydrogen (secondary N) is 1. The van der Waals surface area contributed by atoms with Crippen molar-refractivity contribution < 1.29 is 19.1 Å². The Balaban J connectivity index is 1.75. The van der Waals surface area contributed by atoms with Crippen molar-refractivity contribution in [2.75, 3.05) is 19.6 Å². The zero-order valence-electron chi connectivity index (χ0n) is 19.3. The van der Waals surface area contributed by atoms with Gasteiger partial charge in [0.2, 0.25) is 0 Å². The molecule has 0 radical (unpaired) electrons. The number of benzene rings is 1. The molecule has 7 nitrogen and oxygen atoms in total. The van der Waals surface area contributed by atoms with E-state index in [0.29, 0.717) is 19.6 Å². The van der Waals surface area contributed by atoms with Gasteiger partial charge < -0.3 is 19.7 Å².